The summed E-state index contributed by atoms with van der Waals surface area (Å²) in [5.74, 6) is 0. The van der Waals surface area contributed by atoms with Gasteiger partial charge in [-0.15, -0.1) is 0 Å². The summed E-state index contributed by atoms with van der Waals surface area (Å²) in [6.07, 6.45) is -5.06. The zero-order valence-corrected chi connectivity index (χ0v) is 16.3. The lowest BCUT2D eigenvalue weighted by molar-refractivity contribution is -0.275. The van der Waals surface area contributed by atoms with Crippen LogP contribution in [0.2, 0.25) is 0 Å². The van der Waals surface area contributed by atoms with E-state index in [1.807, 2.05) is 6.07 Å². The molecule has 0 fully saturated rings. The fourth-order valence-electron chi connectivity index (χ4n) is 3.26. The molecule has 140 valence electrons. The van der Waals surface area contributed by atoms with Gasteiger partial charge < -0.3 is 4.84 Å². The van der Waals surface area contributed by atoms with Crippen LogP contribution in [0.3, 0.4) is 0 Å². The van der Waals surface area contributed by atoms with Crippen LogP contribution in [0, 0.1) is 25.2 Å². The Bertz CT molecular complexity index is 942. The molecular weight excluding hydrogens is 421 g/mol. The molecule has 1 unspecified atom stereocenters. The molecule has 0 amide bonds. The first-order valence-corrected chi connectivity index (χ1v) is 9.32. The molecule has 3 rings (SSSR count). The Labute approximate surface area is 163 Å². The third-order valence-corrected chi connectivity index (χ3v) is 5.18. The highest BCUT2D eigenvalue weighted by atomic mass is 79.9. The number of hydrogen-bond acceptors (Lipinski definition) is 3. The molecule has 0 bridgehead atoms. The zero-order valence-electron chi connectivity index (χ0n) is 14.7. The lowest BCUT2D eigenvalue weighted by Gasteiger charge is -2.30. The molecule has 0 radical (unpaired) electrons. The minimum absolute atomic E-state index is 0.0422. The molecule has 1 aliphatic heterocycles. The van der Waals surface area contributed by atoms with Gasteiger partial charge in [0.1, 0.15) is 0 Å². The number of rotatable bonds is 3. The number of hydrogen-bond donors (Lipinski definition) is 0. The number of nitrogens with zero attached hydrogens (tertiary/aromatic N) is 2. The SMILES string of the molecule is Cc1cc(C)cc(C2(C(F)(F)F)CC(c3ccc(C#N)c(CBr)c3)=NO2)c1. The molecule has 2 aromatic carbocycles. The number of oxime groups is 1. The second-order valence-electron chi connectivity index (χ2n) is 6.62. The van der Waals surface area contributed by atoms with E-state index in [1.54, 1.807) is 32.0 Å². The van der Waals surface area contributed by atoms with E-state index in [2.05, 4.69) is 27.2 Å². The van der Waals surface area contributed by atoms with Gasteiger partial charge in [0.25, 0.3) is 5.60 Å². The number of nitriles is 1. The van der Waals surface area contributed by atoms with Crippen LogP contribution in [0.4, 0.5) is 13.2 Å². The van der Waals surface area contributed by atoms with Gasteiger partial charge in [0.2, 0.25) is 0 Å². The highest BCUT2D eigenvalue weighted by molar-refractivity contribution is 9.08. The average Bonchev–Trinajstić information content (AvgIpc) is 3.07. The molecule has 27 heavy (non-hydrogen) atoms. The Hall–Kier alpha value is -2.33. The lowest BCUT2D eigenvalue weighted by Crippen LogP contribution is -2.42. The molecule has 1 atom stereocenters. The standard InChI is InChI=1S/C20H16BrF3N2O/c1-12-5-13(2)7-17(6-12)19(20(22,23)24)9-18(26-27-19)14-3-4-15(11-25)16(8-14)10-21/h3-8H,9-10H2,1-2H3. The van der Waals surface area contributed by atoms with Crippen molar-refractivity contribution in [3.63, 3.8) is 0 Å². The Kier molecular flexibility index (Phi) is 5.04. The summed E-state index contributed by atoms with van der Waals surface area (Å²) in [6.45, 7) is 3.50. The summed E-state index contributed by atoms with van der Waals surface area (Å²) >= 11 is 3.30. The predicted octanol–water partition coefficient (Wildman–Crippen LogP) is 5.65. The lowest BCUT2D eigenvalue weighted by atomic mass is 9.85. The molecule has 0 saturated heterocycles. The molecule has 0 aromatic heterocycles. The summed E-state index contributed by atoms with van der Waals surface area (Å²) in [4.78, 5) is 5.08. The number of alkyl halides is 4. The summed E-state index contributed by atoms with van der Waals surface area (Å²) in [5, 5.41) is 13.3. The summed E-state index contributed by atoms with van der Waals surface area (Å²) in [7, 11) is 0. The molecule has 3 nitrogen and oxygen atoms in total. The second-order valence-corrected chi connectivity index (χ2v) is 7.19. The monoisotopic (exact) mass is 436 g/mol. The molecule has 2 aromatic rings. The van der Waals surface area contributed by atoms with Gasteiger partial charge in [0.05, 0.1) is 17.3 Å². The first-order valence-electron chi connectivity index (χ1n) is 8.20. The van der Waals surface area contributed by atoms with Crippen LogP contribution in [-0.4, -0.2) is 11.9 Å². The van der Waals surface area contributed by atoms with Crippen molar-refractivity contribution in [3.8, 4) is 6.07 Å². The summed E-state index contributed by atoms with van der Waals surface area (Å²) in [6, 6.07) is 11.7. The van der Waals surface area contributed by atoms with Crippen molar-refractivity contribution in [1.29, 1.82) is 5.26 Å². The van der Waals surface area contributed by atoms with Crippen LogP contribution in [0.1, 0.15) is 39.8 Å². The van der Waals surface area contributed by atoms with E-state index < -0.39 is 18.2 Å². The first-order chi connectivity index (χ1) is 12.7. The van der Waals surface area contributed by atoms with Crippen molar-refractivity contribution in [2.24, 2.45) is 5.16 Å². The van der Waals surface area contributed by atoms with Gasteiger partial charge >= 0.3 is 6.18 Å². The van der Waals surface area contributed by atoms with E-state index in [4.69, 9.17) is 10.1 Å². The largest absolute Gasteiger partial charge is 0.435 e. The molecule has 1 heterocycles. The maximum absolute atomic E-state index is 14.1. The number of halogens is 4. The minimum atomic E-state index is -4.64. The summed E-state index contributed by atoms with van der Waals surface area (Å²) < 4.78 is 42.2. The Morgan fingerprint density at radius 3 is 2.41 bits per heavy atom. The van der Waals surface area contributed by atoms with Crippen LogP contribution >= 0.6 is 15.9 Å². The van der Waals surface area contributed by atoms with Crippen molar-refractivity contribution in [1.82, 2.24) is 0 Å². The van der Waals surface area contributed by atoms with Crippen LogP contribution in [-0.2, 0) is 15.8 Å². The topological polar surface area (TPSA) is 45.4 Å². The van der Waals surface area contributed by atoms with Crippen molar-refractivity contribution in [2.75, 3.05) is 0 Å². The third kappa shape index (κ3) is 3.46. The van der Waals surface area contributed by atoms with Gasteiger partial charge in [-0.05, 0) is 37.1 Å². The van der Waals surface area contributed by atoms with Gasteiger partial charge in [0, 0.05) is 17.3 Å². The summed E-state index contributed by atoms with van der Waals surface area (Å²) in [5.41, 5.74) is 0.857. The number of aryl methyl sites for hydroxylation is 2. The Balaban J connectivity index is 2.04. The third-order valence-electron chi connectivity index (χ3n) is 4.58. The zero-order chi connectivity index (χ0) is 19.8. The van der Waals surface area contributed by atoms with E-state index in [0.717, 1.165) is 11.1 Å². The van der Waals surface area contributed by atoms with Crippen LogP contribution < -0.4 is 0 Å². The molecule has 7 heteroatoms. The fourth-order valence-corrected chi connectivity index (χ4v) is 3.72. The van der Waals surface area contributed by atoms with E-state index in [0.29, 0.717) is 22.0 Å². The quantitative estimate of drug-likeness (QED) is 0.583. The normalized spacial score (nSPS) is 19.4. The van der Waals surface area contributed by atoms with Crippen molar-refractivity contribution in [3.05, 3.63) is 69.8 Å². The van der Waals surface area contributed by atoms with Gasteiger partial charge in [0.15, 0.2) is 0 Å². The highest BCUT2D eigenvalue weighted by Crippen LogP contribution is 2.49. The van der Waals surface area contributed by atoms with Gasteiger partial charge in [-0.2, -0.15) is 18.4 Å². The maximum Gasteiger partial charge on any atom is 0.435 e. The van der Waals surface area contributed by atoms with E-state index >= 15 is 0 Å². The molecule has 0 N–H and O–H groups in total. The second kappa shape index (κ2) is 7.01. The van der Waals surface area contributed by atoms with Gasteiger partial charge in [-0.25, -0.2) is 0 Å². The average molecular weight is 437 g/mol. The van der Waals surface area contributed by atoms with E-state index in [1.165, 1.54) is 12.1 Å². The predicted molar refractivity (Wildman–Crippen MR) is 99.7 cm³/mol. The Morgan fingerprint density at radius 2 is 1.85 bits per heavy atom. The highest BCUT2D eigenvalue weighted by Gasteiger charge is 2.62. The van der Waals surface area contributed by atoms with E-state index in [9.17, 15) is 13.2 Å². The minimum Gasteiger partial charge on any atom is -0.374 e. The molecule has 0 saturated carbocycles. The van der Waals surface area contributed by atoms with Gasteiger partial charge in [-0.1, -0.05) is 56.5 Å². The van der Waals surface area contributed by atoms with Crippen molar-refractivity contribution < 1.29 is 18.0 Å². The fraction of sp³-hybridized carbons (Fsp3) is 0.300. The number of benzene rings is 2. The van der Waals surface area contributed by atoms with Crippen molar-refractivity contribution >= 4 is 21.6 Å². The Morgan fingerprint density at radius 1 is 1.19 bits per heavy atom. The van der Waals surface area contributed by atoms with Crippen LogP contribution in [0.25, 0.3) is 0 Å². The molecule has 0 spiro atoms. The van der Waals surface area contributed by atoms with Crippen molar-refractivity contribution in [2.45, 2.75) is 37.4 Å². The van der Waals surface area contributed by atoms with Crippen LogP contribution in [0.5, 0.6) is 0 Å². The van der Waals surface area contributed by atoms with Crippen LogP contribution in [0.15, 0.2) is 41.6 Å². The maximum atomic E-state index is 14.1. The molecular formula is C20H16BrF3N2O. The molecule has 0 aliphatic carbocycles. The smallest absolute Gasteiger partial charge is 0.374 e. The first kappa shape index (κ1) is 19.4. The van der Waals surface area contributed by atoms with Gasteiger partial charge in [-0.3, -0.25) is 0 Å². The molecule has 1 aliphatic rings. The van der Waals surface area contributed by atoms with E-state index in [-0.39, 0.29) is 11.3 Å².